The Morgan fingerprint density at radius 3 is 1.79 bits per heavy atom. The Morgan fingerprint density at radius 2 is 1.21 bits per heavy atom. The largest absolute Gasteiger partial charge is 0.387 e. The van der Waals surface area contributed by atoms with Crippen molar-refractivity contribution in [3.05, 3.63) is 0 Å². The molecule has 0 aliphatic carbocycles. The zero-order valence-electron chi connectivity index (χ0n) is 13.0. The van der Waals surface area contributed by atoms with Crippen molar-refractivity contribution < 1.29 is 54.7 Å². The molecule has 0 aromatic rings. The van der Waals surface area contributed by atoms with Crippen LogP contribution in [0.1, 0.15) is 0 Å². The van der Waals surface area contributed by atoms with Crippen LogP contribution < -0.4 is 0 Å². The van der Waals surface area contributed by atoms with Gasteiger partial charge in [0.2, 0.25) is 0 Å². The highest BCUT2D eigenvalue weighted by Gasteiger charge is 2.46. The predicted octanol–water partition coefficient (Wildman–Crippen LogP) is -4.74. The molecule has 0 radical (unpaired) electrons. The van der Waals surface area contributed by atoms with Crippen LogP contribution in [0.5, 0.6) is 0 Å². The van der Waals surface area contributed by atoms with E-state index in [1.165, 1.54) is 7.11 Å². The highest BCUT2D eigenvalue weighted by atomic mass is 16.7. The van der Waals surface area contributed by atoms with Crippen molar-refractivity contribution >= 4 is 0 Å². The van der Waals surface area contributed by atoms with Crippen LogP contribution in [0.3, 0.4) is 0 Å². The van der Waals surface area contributed by atoms with Gasteiger partial charge in [0, 0.05) is 7.11 Å². The molecule has 11 nitrogen and oxygen atoms in total. The average Bonchev–Trinajstić information content (AvgIpc) is 2.56. The molecule has 142 valence electrons. The number of ether oxygens (including phenoxy) is 4. The van der Waals surface area contributed by atoms with Crippen molar-refractivity contribution in [2.45, 2.75) is 61.4 Å². The lowest BCUT2D eigenvalue weighted by atomic mass is 9.98. The first-order valence-electron chi connectivity index (χ1n) is 7.45. The Hall–Kier alpha value is -0.440. The first kappa shape index (κ1) is 19.9. The minimum atomic E-state index is -1.72. The second-order valence-corrected chi connectivity index (χ2v) is 5.84. The summed E-state index contributed by atoms with van der Waals surface area (Å²) in [6.45, 7) is -0.483. The monoisotopic (exact) mass is 356 g/mol. The molecule has 0 spiro atoms. The maximum atomic E-state index is 9.89. The maximum absolute atomic E-state index is 9.89. The Kier molecular flexibility index (Phi) is 6.87. The van der Waals surface area contributed by atoms with Crippen LogP contribution in [0.15, 0.2) is 0 Å². The molecule has 0 aromatic carbocycles. The van der Waals surface area contributed by atoms with Gasteiger partial charge in [0.1, 0.15) is 48.8 Å². The molecule has 7 N–H and O–H groups in total. The van der Waals surface area contributed by atoms with E-state index < -0.39 is 68.0 Å². The predicted molar refractivity (Wildman–Crippen MR) is 73.4 cm³/mol. The zero-order chi connectivity index (χ0) is 18.0. The van der Waals surface area contributed by atoms with E-state index in [0.717, 1.165) is 0 Å². The van der Waals surface area contributed by atoms with Crippen molar-refractivity contribution in [3.8, 4) is 0 Å². The number of hydrogen-bond acceptors (Lipinski definition) is 11. The molecule has 0 bridgehead atoms. The quantitative estimate of drug-likeness (QED) is 0.251. The van der Waals surface area contributed by atoms with Crippen LogP contribution in [0.25, 0.3) is 0 Å². The van der Waals surface area contributed by atoms with Crippen LogP contribution in [-0.4, -0.2) is 117 Å². The Labute approximate surface area is 137 Å². The van der Waals surface area contributed by atoms with E-state index in [9.17, 15) is 35.7 Å². The molecule has 2 aliphatic heterocycles. The molecule has 24 heavy (non-hydrogen) atoms. The van der Waals surface area contributed by atoms with Gasteiger partial charge in [-0.2, -0.15) is 0 Å². The molecule has 10 atom stereocenters. The summed E-state index contributed by atoms with van der Waals surface area (Å²) < 4.78 is 20.3. The molecule has 0 saturated carbocycles. The van der Waals surface area contributed by atoms with Crippen LogP contribution >= 0.6 is 0 Å². The second kappa shape index (κ2) is 8.29. The molecule has 11 heteroatoms. The zero-order valence-corrected chi connectivity index (χ0v) is 13.0. The van der Waals surface area contributed by atoms with Gasteiger partial charge in [-0.1, -0.05) is 0 Å². The van der Waals surface area contributed by atoms with E-state index in [0.29, 0.717) is 0 Å². The minimum absolute atomic E-state index is 0.0586. The number of hydrogen-bond donors (Lipinski definition) is 7. The van der Waals surface area contributed by atoms with Crippen LogP contribution in [0.4, 0.5) is 0 Å². The highest BCUT2D eigenvalue weighted by Crippen LogP contribution is 2.25. The summed E-state index contributed by atoms with van der Waals surface area (Å²) >= 11 is 0. The van der Waals surface area contributed by atoms with Crippen LogP contribution in [0, 0.1) is 0 Å². The van der Waals surface area contributed by atoms with Gasteiger partial charge in [0.15, 0.2) is 12.6 Å². The second-order valence-electron chi connectivity index (χ2n) is 5.84. The number of rotatable bonds is 5. The van der Waals surface area contributed by atoms with Gasteiger partial charge in [-0.25, -0.2) is 0 Å². The van der Waals surface area contributed by atoms with E-state index in [4.69, 9.17) is 18.9 Å². The first-order chi connectivity index (χ1) is 11.3. The van der Waals surface area contributed by atoms with Crippen molar-refractivity contribution in [2.24, 2.45) is 0 Å². The third-order valence-corrected chi connectivity index (χ3v) is 4.11. The minimum Gasteiger partial charge on any atom is -0.387 e. The van der Waals surface area contributed by atoms with Crippen molar-refractivity contribution in [3.63, 3.8) is 0 Å². The molecule has 0 amide bonds. The molecule has 2 rings (SSSR count). The van der Waals surface area contributed by atoms with E-state index in [2.05, 4.69) is 0 Å². The summed E-state index contributed by atoms with van der Waals surface area (Å²) in [6.07, 6.45) is -14.6. The van der Waals surface area contributed by atoms with Gasteiger partial charge >= 0.3 is 0 Å². The van der Waals surface area contributed by atoms with Gasteiger partial charge < -0.3 is 54.7 Å². The number of methoxy groups -OCH3 is 1. The van der Waals surface area contributed by atoms with Gasteiger partial charge in [-0.05, 0) is 0 Å². The molecule has 0 unspecified atom stereocenters. The fraction of sp³-hybridized carbons (Fsp3) is 1.00. The molecule has 2 saturated heterocycles. The number of aliphatic hydroxyl groups excluding tert-OH is 7. The highest BCUT2D eigenvalue weighted by molar-refractivity contribution is 4.91. The summed E-state index contributed by atoms with van der Waals surface area (Å²) in [5, 5.41) is 67.7. The number of aliphatic hydroxyl groups is 7. The normalized spacial score (nSPS) is 50.0. The molecular formula is C13H24O11. The lowest BCUT2D eigenvalue weighted by Crippen LogP contribution is -2.61. The van der Waals surface area contributed by atoms with E-state index in [1.54, 1.807) is 0 Å². The van der Waals surface area contributed by atoms with E-state index in [1.807, 2.05) is 0 Å². The van der Waals surface area contributed by atoms with E-state index in [-0.39, 0.29) is 6.61 Å². The molecule has 2 fully saturated rings. The van der Waals surface area contributed by atoms with Gasteiger partial charge in [-0.3, -0.25) is 0 Å². The molecular weight excluding hydrogens is 332 g/mol. The summed E-state index contributed by atoms with van der Waals surface area (Å²) in [5.74, 6) is 0. The Balaban J connectivity index is 1.94. The standard InChI is InChI=1S/C13H24O11/c1-21-2-4-6(14)9(17)11(19)13(24-4)22-3-5-7(15)8(16)10(18)12(20)23-5/h4-20H,2-3H2,1H3/t4-,5-,6-,7-,8+,9+,10+,11+,12+,13+/m1/s1. The summed E-state index contributed by atoms with van der Waals surface area (Å²) in [7, 11) is 1.36. The fourth-order valence-electron chi connectivity index (χ4n) is 2.61. The van der Waals surface area contributed by atoms with Crippen molar-refractivity contribution in [1.82, 2.24) is 0 Å². The third kappa shape index (κ3) is 4.03. The first-order valence-corrected chi connectivity index (χ1v) is 7.45. The summed E-state index contributed by atoms with van der Waals surface area (Å²) in [6, 6.07) is 0. The SMILES string of the molecule is COC[C@H]1O[C@H](OC[C@H]2O[C@H](O)[C@@H](O)[C@@H](O)[C@@H]2O)[C@@H](O)[C@@H](O)[C@@H]1O. The van der Waals surface area contributed by atoms with Crippen molar-refractivity contribution in [1.29, 1.82) is 0 Å². The molecule has 0 aromatic heterocycles. The van der Waals surface area contributed by atoms with Crippen LogP contribution in [-0.2, 0) is 18.9 Å². The molecule has 2 aliphatic rings. The Bertz CT molecular complexity index is 396. The van der Waals surface area contributed by atoms with Crippen LogP contribution in [0.2, 0.25) is 0 Å². The third-order valence-electron chi connectivity index (χ3n) is 4.11. The Morgan fingerprint density at radius 1 is 0.667 bits per heavy atom. The fourth-order valence-corrected chi connectivity index (χ4v) is 2.61. The lowest BCUT2D eigenvalue weighted by Gasteiger charge is -2.42. The lowest BCUT2D eigenvalue weighted by molar-refractivity contribution is -0.326. The summed E-state index contributed by atoms with van der Waals surface area (Å²) in [4.78, 5) is 0. The topological polar surface area (TPSA) is 179 Å². The van der Waals surface area contributed by atoms with Gasteiger partial charge in [-0.15, -0.1) is 0 Å². The molecule has 2 heterocycles. The average molecular weight is 356 g/mol. The summed E-state index contributed by atoms with van der Waals surface area (Å²) in [5.41, 5.74) is 0. The van der Waals surface area contributed by atoms with Crippen molar-refractivity contribution in [2.75, 3.05) is 20.3 Å². The van der Waals surface area contributed by atoms with Gasteiger partial charge in [0.25, 0.3) is 0 Å². The maximum Gasteiger partial charge on any atom is 0.186 e. The van der Waals surface area contributed by atoms with Gasteiger partial charge in [0.05, 0.1) is 13.2 Å². The van der Waals surface area contributed by atoms with E-state index >= 15 is 0 Å². The smallest absolute Gasteiger partial charge is 0.186 e.